The van der Waals surface area contributed by atoms with Crippen LogP contribution in [0.4, 0.5) is 0 Å². The summed E-state index contributed by atoms with van der Waals surface area (Å²) in [4.78, 5) is 12.1. The van der Waals surface area contributed by atoms with Gasteiger partial charge in [-0.25, -0.2) is 0 Å². The van der Waals surface area contributed by atoms with E-state index in [1.807, 2.05) is 6.92 Å². The van der Waals surface area contributed by atoms with E-state index in [1.165, 1.54) is 19.3 Å². The second-order valence-corrected chi connectivity index (χ2v) is 5.75. The van der Waals surface area contributed by atoms with Crippen molar-refractivity contribution >= 4 is 18.3 Å². The minimum Gasteiger partial charge on any atom is -0.378 e. The molecule has 2 heterocycles. The van der Waals surface area contributed by atoms with Crippen LogP contribution in [-0.4, -0.2) is 37.2 Å². The van der Waals surface area contributed by atoms with Crippen LogP contribution in [0.2, 0.25) is 0 Å². The summed E-state index contributed by atoms with van der Waals surface area (Å²) in [7, 11) is 0. The van der Waals surface area contributed by atoms with Crippen molar-refractivity contribution in [2.75, 3.05) is 19.7 Å². The Morgan fingerprint density at radius 3 is 2.84 bits per heavy atom. The molecule has 2 aliphatic heterocycles. The van der Waals surface area contributed by atoms with Gasteiger partial charge in [0.05, 0.1) is 11.6 Å². The Kier molecular flexibility index (Phi) is 7.11. The molecule has 1 amide bonds. The molecule has 2 unspecified atom stereocenters. The van der Waals surface area contributed by atoms with Gasteiger partial charge in [-0.15, -0.1) is 12.4 Å². The lowest BCUT2D eigenvalue weighted by Gasteiger charge is -2.33. The first-order valence-electron chi connectivity index (χ1n) is 7.36. The van der Waals surface area contributed by atoms with Crippen LogP contribution in [0.15, 0.2) is 0 Å². The van der Waals surface area contributed by atoms with E-state index >= 15 is 0 Å². The van der Waals surface area contributed by atoms with Crippen LogP contribution in [0.25, 0.3) is 0 Å². The number of carbonyl (C=O) groups is 1. The van der Waals surface area contributed by atoms with Gasteiger partial charge in [0.1, 0.15) is 0 Å². The normalized spacial score (nSPS) is 31.3. The third-order valence-corrected chi connectivity index (χ3v) is 4.15. The molecule has 2 saturated heterocycles. The standard InChI is InChI=1S/C14H26N2O2.ClH/c1-14(8-3-4-9-16-14)13(17)15-10-7-12-6-2-5-11-18-12;/h12,16H,2-11H2,1H3,(H,15,17);1H. The van der Waals surface area contributed by atoms with Crippen LogP contribution < -0.4 is 10.6 Å². The number of amides is 1. The number of hydrogen-bond acceptors (Lipinski definition) is 3. The Morgan fingerprint density at radius 2 is 2.21 bits per heavy atom. The Bertz CT molecular complexity index is 275. The third-order valence-electron chi connectivity index (χ3n) is 4.15. The molecule has 0 aliphatic carbocycles. The van der Waals surface area contributed by atoms with E-state index in [4.69, 9.17) is 4.74 Å². The molecule has 2 N–H and O–H groups in total. The molecule has 2 aliphatic rings. The fraction of sp³-hybridized carbons (Fsp3) is 0.929. The maximum Gasteiger partial charge on any atom is 0.240 e. The lowest BCUT2D eigenvalue weighted by molar-refractivity contribution is -0.128. The van der Waals surface area contributed by atoms with E-state index in [2.05, 4.69) is 10.6 Å². The van der Waals surface area contributed by atoms with Crippen molar-refractivity contribution in [1.82, 2.24) is 10.6 Å². The van der Waals surface area contributed by atoms with E-state index in [-0.39, 0.29) is 23.9 Å². The van der Waals surface area contributed by atoms with Gasteiger partial charge in [0.15, 0.2) is 0 Å². The first-order chi connectivity index (χ1) is 8.71. The zero-order valence-electron chi connectivity index (χ0n) is 11.9. The molecule has 5 heteroatoms. The summed E-state index contributed by atoms with van der Waals surface area (Å²) in [6.45, 7) is 4.59. The molecule has 0 saturated carbocycles. The minimum absolute atomic E-state index is 0. The van der Waals surface area contributed by atoms with Gasteiger partial charge >= 0.3 is 0 Å². The highest BCUT2D eigenvalue weighted by Crippen LogP contribution is 2.19. The molecule has 4 nitrogen and oxygen atoms in total. The third kappa shape index (κ3) is 4.93. The molecule has 112 valence electrons. The number of rotatable bonds is 4. The lowest BCUT2D eigenvalue weighted by atomic mass is 9.90. The van der Waals surface area contributed by atoms with Crippen molar-refractivity contribution in [3.8, 4) is 0 Å². The summed E-state index contributed by atoms with van der Waals surface area (Å²) < 4.78 is 5.66. The Labute approximate surface area is 122 Å². The van der Waals surface area contributed by atoms with E-state index in [9.17, 15) is 4.79 Å². The van der Waals surface area contributed by atoms with Crippen molar-refractivity contribution in [2.45, 2.75) is 63.5 Å². The highest BCUT2D eigenvalue weighted by atomic mass is 35.5. The Balaban J connectivity index is 0.00000180. The van der Waals surface area contributed by atoms with Gasteiger partial charge in [-0.2, -0.15) is 0 Å². The summed E-state index contributed by atoms with van der Waals surface area (Å²) in [6, 6.07) is 0. The van der Waals surface area contributed by atoms with Crippen LogP contribution in [0, 0.1) is 0 Å². The van der Waals surface area contributed by atoms with E-state index < -0.39 is 0 Å². The SMILES string of the molecule is CC1(C(=O)NCCC2CCCCO2)CCCCN1.Cl. The number of ether oxygens (including phenoxy) is 1. The molecule has 0 radical (unpaired) electrons. The van der Waals surface area contributed by atoms with Crippen LogP contribution in [0.3, 0.4) is 0 Å². The van der Waals surface area contributed by atoms with Gasteiger partial charge in [-0.1, -0.05) is 0 Å². The predicted molar refractivity (Wildman–Crippen MR) is 78.7 cm³/mol. The molecule has 0 aromatic rings. The molecule has 2 fully saturated rings. The molecule has 19 heavy (non-hydrogen) atoms. The fourth-order valence-corrected chi connectivity index (χ4v) is 2.83. The fourth-order valence-electron chi connectivity index (χ4n) is 2.83. The van der Waals surface area contributed by atoms with Crippen molar-refractivity contribution in [1.29, 1.82) is 0 Å². The number of halogens is 1. The van der Waals surface area contributed by atoms with Gasteiger partial charge in [-0.3, -0.25) is 4.79 Å². The maximum absolute atomic E-state index is 12.1. The largest absolute Gasteiger partial charge is 0.378 e. The van der Waals surface area contributed by atoms with Crippen molar-refractivity contribution in [3.05, 3.63) is 0 Å². The first kappa shape index (κ1) is 16.7. The average molecular weight is 291 g/mol. The topological polar surface area (TPSA) is 50.4 Å². The zero-order chi connectivity index (χ0) is 12.8. The van der Waals surface area contributed by atoms with E-state index in [1.54, 1.807) is 0 Å². The zero-order valence-corrected chi connectivity index (χ0v) is 12.7. The number of nitrogens with one attached hydrogen (secondary N) is 2. The van der Waals surface area contributed by atoms with Crippen molar-refractivity contribution in [3.63, 3.8) is 0 Å². The summed E-state index contributed by atoms with van der Waals surface area (Å²) in [5.41, 5.74) is -0.355. The lowest BCUT2D eigenvalue weighted by Crippen LogP contribution is -2.57. The maximum atomic E-state index is 12.1. The van der Waals surface area contributed by atoms with Crippen molar-refractivity contribution in [2.24, 2.45) is 0 Å². The van der Waals surface area contributed by atoms with Gasteiger partial charge in [0, 0.05) is 13.2 Å². The number of hydrogen-bond donors (Lipinski definition) is 2. The van der Waals surface area contributed by atoms with Crippen LogP contribution in [-0.2, 0) is 9.53 Å². The van der Waals surface area contributed by atoms with Gasteiger partial charge in [0.25, 0.3) is 0 Å². The molecule has 0 aromatic carbocycles. The van der Waals surface area contributed by atoms with Crippen LogP contribution in [0.5, 0.6) is 0 Å². The predicted octanol–water partition coefficient (Wildman–Crippen LogP) is 2.02. The summed E-state index contributed by atoms with van der Waals surface area (Å²) in [6.07, 6.45) is 8.15. The van der Waals surface area contributed by atoms with E-state index in [0.717, 1.165) is 45.4 Å². The van der Waals surface area contributed by atoms with E-state index in [0.29, 0.717) is 6.10 Å². The smallest absolute Gasteiger partial charge is 0.240 e. The second kappa shape index (κ2) is 8.08. The molecular formula is C14H27ClN2O2. The molecule has 2 rings (SSSR count). The molecule has 0 aromatic heterocycles. The Morgan fingerprint density at radius 1 is 1.37 bits per heavy atom. The van der Waals surface area contributed by atoms with Gasteiger partial charge in [0.2, 0.25) is 5.91 Å². The number of carbonyl (C=O) groups excluding carboxylic acids is 1. The quantitative estimate of drug-likeness (QED) is 0.833. The first-order valence-corrected chi connectivity index (χ1v) is 7.36. The summed E-state index contributed by atoms with van der Waals surface area (Å²) in [5, 5.41) is 6.40. The Hall–Kier alpha value is -0.320. The summed E-state index contributed by atoms with van der Waals surface area (Å²) >= 11 is 0. The monoisotopic (exact) mass is 290 g/mol. The number of piperidine rings is 1. The minimum atomic E-state index is -0.355. The highest BCUT2D eigenvalue weighted by Gasteiger charge is 2.33. The molecule has 2 atom stereocenters. The summed E-state index contributed by atoms with van der Waals surface area (Å²) in [5.74, 6) is 0.151. The second-order valence-electron chi connectivity index (χ2n) is 5.75. The van der Waals surface area contributed by atoms with Crippen LogP contribution in [0.1, 0.15) is 51.9 Å². The average Bonchev–Trinajstić information content (AvgIpc) is 2.41. The van der Waals surface area contributed by atoms with Crippen molar-refractivity contribution < 1.29 is 9.53 Å². The molecule has 0 bridgehead atoms. The van der Waals surface area contributed by atoms with Gasteiger partial charge in [-0.05, 0) is 58.4 Å². The highest BCUT2D eigenvalue weighted by molar-refractivity contribution is 5.86. The van der Waals surface area contributed by atoms with Crippen LogP contribution >= 0.6 is 12.4 Å². The molecule has 0 spiro atoms. The van der Waals surface area contributed by atoms with Gasteiger partial charge < -0.3 is 15.4 Å². The molecular weight excluding hydrogens is 264 g/mol.